The Kier molecular flexibility index (Phi) is 5.60. The molecule has 0 aromatic heterocycles. The molecule has 1 saturated heterocycles. The first-order chi connectivity index (χ1) is 9.66. The summed E-state index contributed by atoms with van der Waals surface area (Å²) in [4.78, 5) is 13.9. The van der Waals surface area contributed by atoms with Crippen LogP contribution < -0.4 is 0 Å². The lowest BCUT2D eigenvalue weighted by Gasteiger charge is -2.33. The highest BCUT2D eigenvalue weighted by Crippen LogP contribution is 2.19. The van der Waals surface area contributed by atoms with Gasteiger partial charge in [0.15, 0.2) is 0 Å². The van der Waals surface area contributed by atoms with Crippen LogP contribution in [0, 0.1) is 11.8 Å². The molecule has 1 heterocycles. The molecule has 20 heavy (non-hydrogen) atoms. The van der Waals surface area contributed by atoms with Crippen LogP contribution in [0.2, 0.25) is 0 Å². The van der Waals surface area contributed by atoms with E-state index >= 15 is 0 Å². The van der Waals surface area contributed by atoms with E-state index in [9.17, 15) is 4.79 Å². The maximum atomic E-state index is 11.9. The Balaban J connectivity index is 1.66. The van der Waals surface area contributed by atoms with Gasteiger partial charge in [-0.1, -0.05) is 44.2 Å². The van der Waals surface area contributed by atoms with Crippen molar-refractivity contribution in [3.63, 3.8) is 0 Å². The molecule has 1 aliphatic rings. The van der Waals surface area contributed by atoms with Crippen molar-refractivity contribution in [3.8, 4) is 0 Å². The van der Waals surface area contributed by atoms with E-state index in [0.717, 1.165) is 32.5 Å². The first kappa shape index (κ1) is 15.0. The van der Waals surface area contributed by atoms with Gasteiger partial charge in [-0.3, -0.25) is 4.79 Å². The molecule has 110 valence electrons. The maximum absolute atomic E-state index is 11.9. The lowest BCUT2D eigenvalue weighted by atomic mass is 9.97. The molecular weight excluding hydrogens is 250 g/mol. The fraction of sp³-hybridized carbons (Fsp3) is 0.588. The molecule has 0 radical (unpaired) electrons. The van der Waals surface area contributed by atoms with Crippen LogP contribution in [0.15, 0.2) is 30.3 Å². The molecule has 0 bridgehead atoms. The van der Waals surface area contributed by atoms with E-state index in [2.05, 4.69) is 12.1 Å². The van der Waals surface area contributed by atoms with Crippen molar-refractivity contribution in [3.05, 3.63) is 35.9 Å². The van der Waals surface area contributed by atoms with E-state index < -0.39 is 0 Å². The van der Waals surface area contributed by atoms with Gasteiger partial charge in [0, 0.05) is 25.6 Å². The van der Waals surface area contributed by atoms with Gasteiger partial charge in [0.2, 0.25) is 5.91 Å². The molecule has 1 fully saturated rings. The minimum Gasteiger partial charge on any atom is -0.376 e. The van der Waals surface area contributed by atoms with Crippen LogP contribution in [0.1, 0.15) is 32.3 Å². The van der Waals surface area contributed by atoms with Crippen LogP contribution in [0.5, 0.6) is 0 Å². The Labute approximate surface area is 121 Å². The Morgan fingerprint density at radius 1 is 1.25 bits per heavy atom. The number of carbonyl (C=O) groups excluding carboxylic acids is 1. The molecule has 2 rings (SSSR count). The van der Waals surface area contributed by atoms with Gasteiger partial charge in [0.05, 0.1) is 6.61 Å². The molecule has 0 saturated carbocycles. The second-order valence-electron chi connectivity index (χ2n) is 5.92. The van der Waals surface area contributed by atoms with Crippen molar-refractivity contribution in [2.24, 2.45) is 11.8 Å². The molecule has 0 unspecified atom stereocenters. The summed E-state index contributed by atoms with van der Waals surface area (Å²) in [7, 11) is 0. The van der Waals surface area contributed by atoms with Gasteiger partial charge in [-0.25, -0.2) is 0 Å². The van der Waals surface area contributed by atoms with Crippen LogP contribution in [0.25, 0.3) is 0 Å². The third-order valence-electron chi connectivity index (χ3n) is 3.89. The lowest BCUT2D eigenvalue weighted by molar-refractivity contribution is -0.136. The fourth-order valence-electron chi connectivity index (χ4n) is 2.60. The lowest BCUT2D eigenvalue weighted by Crippen LogP contribution is -2.41. The Morgan fingerprint density at radius 2 is 1.90 bits per heavy atom. The standard InChI is InChI=1S/C17H25NO2/c1-14(2)17(19)18-10-8-16(9-11-18)13-20-12-15-6-4-3-5-7-15/h3-7,14,16H,8-13H2,1-2H3. The van der Waals surface area contributed by atoms with Gasteiger partial charge in [0.1, 0.15) is 0 Å². The number of carbonyl (C=O) groups is 1. The zero-order valence-corrected chi connectivity index (χ0v) is 12.5. The second-order valence-corrected chi connectivity index (χ2v) is 5.92. The van der Waals surface area contributed by atoms with Gasteiger partial charge in [-0.2, -0.15) is 0 Å². The highest BCUT2D eigenvalue weighted by atomic mass is 16.5. The van der Waals surface area contributed by atoms with Crippen LogP contribution in [0.4, 0.5) is 0 Å². The number of nitrogens with zero attached hydrogens (tertiary/aromatic N) is 1. The summed E-state index contributed by atoms with van der Waals surface area (Å²) >= 11 is 0. The number of hydrogen-bond acceptors (Lipinski definition) is 2. The number of benzene rings is 1. The van der Waals surface area contributed by atoms with E-state index in [1.165, 1.54) is 5.56 Å². The summed E-state index contributed by atoms with van der Waals surface area (Å²) in [5.41, 5.74) is 1.22. The van der Waals surface area contributed by atoms with Crippen molar-refractivity contribution in [1.29, 1.82) is 0 Å². The molecule has 1 aromatic rings. The molecule has 0 spiro atoms. The maximum Gasteiger partial charge on any atom is 0.225 e. The molecular formula is C17H25NO2. The number of ether oxygens (including phenoxy) is 1. The van der Waals surface area contributed by atoms with E-state index in [4.69, 9.17) is 4.74 Å². The third-order valence-corrected chi connectivity index (χ3v) is 3.89. The fourth-order valence-corrected chi connectivity index (χ4v) is 2.60. The average Bonchev–Trinajstić information content (AvgIpc) is 2.48. The van der Waals surface area contributed by atoms with E-state index in [0.29, 0.717) is 12.5 Å². The Bertz CT molecular complexity index is 408. The molecule has 0 atom stereocenters. The monoisotopic (exact) mass is 275 g/mol. The van der Waals surface area contributed by atoms with Crippen molar-refractivity contribution in [2.45, 2.75) is 33.3 Å². The van der Waals surface area contributed by atoms with Crippen molar-refractivity contribution >= 4 is 5.91 Å². The smallest absolute Gasteiger partial charge is 0.225 e. The molecule has 1 aromatic carbocycles. The normalized spacial score (nSPS) is 16.6. The second kappa shape index (κ2) is 7.44. The SMILES string of the molecule is CC(C)C(=O)N1CCC(COCc2ccccc2)CC1. The quantitative estimate of drug-likeness (QED) is 0.826. The summed E-state index contributed by atoms with van der Waals surface area (Å²) in [5.74, 6) is 0.990. The Morgan fingerprint density at radius 3 is 2.50 bits per heavy atom. The Hall–Kier alpha value is -1.35. The number of piperidine rings is 1. The van der Waals surface area contributed by atoms with E-state index in [1.54, 1.807) is 0 Å². The van der Waals surface area contributed by atoms with Crippen LogP contribution in [0.3, 0.4) is 0 Å². The molecule has 0 N–H and O–H groups in total. The van der Waals surface area contributed by atoms with Gasteiger partial charge in [0.25, 0.3) is 0 Å². The summed E-state index contributed by atoms with van der Waals surface area (Å²) in [6.45, 7) is 7.20. The molecule has 1 amide bonds. The number of likely N-dealkylation sites (tertiary alicyclic amines) is 1. The van der Waals surface area contributed by atoms with Gasteiger partial charge >= 0.3 is 0 Å². The zero-order valence-electron chi connectivity index (χ0n) is 12.5. The van der Waals surface area contributed by atoms with Gasteiger partial charge in [-0.05, 0) is 24.3 Å². The zero-order chi connectivity index (χ0) is 14.4. The molecule has 3 nitrogen and oxygen atoms in total. The number of hydrogen-bond donors (Lipinski definition) is 0. The average molecular weight is 275 g/mol. The molecule has 1 aliphatic heterocycles. The highest BCUT2D eigenvalue weighted by Gasteiger charge is 2.24. The van der Waals surface area contributed by atoms with Gasteiger partial charge < -0.3 is 9.64 Å². The largest absolute Gasteiger partial charge is 0.376 e. The van der Waals surface area contributed by atoms with Crippen LogP contribution >= 0.6 is 0 Å². The minimum absolute atomic E-state index is 0.112. The predicted molar refractivity (Wildman–Crippen MR) is 80.2 cm³/mol. The van der Waals surface area contributed by atoms with Crippen molar-refractivity contribution in [1.82, 2.24) is 4.90 Å². The minimum atomic E-state index is 0.112. The summed E-state index contributed by atoms with van der Waals surface area (Å²) < 4.78 is 5.80. The predicted octanol–water partition coefficient (Wildman–Crippen LogP) is 3.10. The summed E-state index contributed by atoms with van der Waals surface area (Å²) in [5, 5.41) is 0. The van der Waals surface area contributed by atoms with Crippen molar-refractivity contribution < 1.29 is 9.53 Å². The summed E-state index contributed by atoms with van der Waals surface area (Å²) in [6.07, 6.45) is 2.13. The van der Waals surface area contributed by atoms with Gasteiger partial charge in [-0.15, -0.1) is 0 Å². The first-order valence-electron chi connectivity index (χ1n) is 7.57. The molecule has 0 aliphatic carbocycles. The number of rotatable bonds is 5. The van der Waals surface area contributed by atoms with E-state index in [1.807, 2.05) is 36.9 Å². The van der Waals surface area contributed by atoms with Crippen LogP contribution in [-0.2, 0) is 16.1 Å². The third kappa shape index (κ3) is 4.34. The van der Waals surface area contributed by atoms with Crippen LogP contribution in [-0.4, -0.2) is 30.5 Å². The first-order valence-corrected chi connectivity index (χ1v) is 7.57. The summed E-state index contributed by atoms with van der Waals surface area (Å²) in [6, 6.07) is 10.3. The highest BCUT2D eigenvalue weighted by molar-refractivity contribution is 5.78. The topological polar surface area (TPSA) is 29.5 Å². The molecule has 3 heteroatoms. The van der Waals surface area contributed by atoms with Crippen molar-refractivity contribution in [2.75, 3.05) is 19.7 Å². The van der Waals surface area contributed by atoms with E-state index in [-0.39, 0.29) is 11.8 Å². The number of amides is 1.